The number of nitrogen functional groups attached to an aromatic ring is 1. The third-order valence-corrected chi connectivity index (χ3v) is 9.98. The first kappa shape index (κ1) is 31.6. The van der Waals surface area contributed by atoms with E-state index >= 15 is 0 Å². The number of halogens is 3. The second-order valence-electron chi connectivity index (χ2n) is 10.4. The highest BCUT2D eigenvalue weighted by molar-refractivity contribution is 8.09. The first-order valence-electron chi connectivity index (χ1n) is 12.5. The van der Waals surface area contributed by atoms with Crippen molar-refractivity contribution in [3.8, 4) is 0 Å². The molecule has 0 saturated carbocycles. The van der Waals surface area contributed by atoms with E-state index < -0.39 is 55.0 Å². The highest BCUT2D eigenvalue weighted by atomic mass is 32.3. The van der Waals surface area contributed by atoms with Gasteiger partial charge < -0.3 is 16.0 Å². The number of nitrogens with one attached hydrogen (secondary N) is 1. The van der Waals surface area contributed by atoms with Gasteiger partial charge in [-0.25, -0.2) is 26.5 Å². The number of carbonyl (C=O) groups excluding carboxylic acids is 2. The van der Waals surface area contributed by atoms with Crippen molar-refractivity contribution in [1.82, 2.24) is 4.90 Å². The summed E-state index contributed by atoms with van der Waals surface area (Å²) in [6, 6.07) is 14.3. The molecule has 16 heteroatoms. The maximum Gasteiger partial charge on any atom is 0.418 e. The monoisotopic (exact) mass is 639 g/mol. The molecule has 1 heterocycles. The Morgan fingerprint density at radius 2 is 1.49 bits per heavy atom. The number of hydrogen-bond acceptors (Lipinski definition) is 8. The molecule has 0 spiro atoms. The van der Waals surface area contributed by atoms with Gasteiger partial charge in [-0.1, -0.05) is 18.2 Å². The lowest BCUT2D eigenvalue weighted by Crippen LogP contribution is -2.43. The number of nitrogens with zero attached hydrogens (tertiary/aromatic N) is 3. The van der Waals surface area contributed by atoms with Crippen LogP contribution in [0, 0.1) is 0 Å². The summed E-state index contributed by atoms with van der Waals surface area (Å²) < 4.78 is 89.0. The van der Waals surface area contributed by atoms with E-state index in [0.717, 1.165) is 18.6 Å². The number of nitrogens with two attached hydrogens (primary N) is 1. The molecule has 0 bridgehead atoms. The summed E-state index contributed by atoms with van der Waals surface area (Å²) in [5, 5.41) is 3.12. The van der Waals surface area contributed by atoms with Gasteiger partial charge in [-0.3, -0.25) is 4.79 Å². The summed E-state index contributed by atoms with van der Waals surface area (Å²) in [5.41, 5.74) is 3.48. The van der Waals surface area contributed by atoms with Crippen molar-refractivity contribution in [2.24, 2.45) is 0 Å². The maximum atomic E-state index is 13.5. The van der Waals surface area contributed by atoms with Crippen LogP contribution in [0.3, 0.4) is 0 Å². The zero-order valence-electron chi connectivity index (χ0n) is 23.4. The van der Waals surface area contributed by atoms with Gasteiger partial charge in [0.2, 0.25) is 20.0 Å². The fourth-order valence-electron chi connectivity index (χ4n) is 4.66. The average Bonchev–Trinajstić information content (AvgIpc) is 3.03. The topological polar surface area (TPSA) is 150 Å². The van der Waals surface area contributed by atoms with Crippen LogP contribution in [0.5, 0.6) is 0 Å². The Bertz CT molecular complexity index is 1780. The fraction of sp³-hybridized carbons (Fsp3) is 0.259. The Balaban J connectivity index is 1.63. The van der Waals surface area contributed by atoms with Crippen molar-refractivity contribution in [3.05, 3.63) is 77.9 Å². The van der Waals surface area contributed by atoms with Gasteiger partial charge >= 0.3 is 12.2 Å². The molecular weight excluding hydrogens is 611 g/mol. The average molecular weight is 640 g/mol. The van der Waals surface area contributed by atoms with E-state index in [4.69, 9.17) is 5.73 Å². The number of rotatable bonds is 8. The third kappa shape index (κ3) is 6.24. The van der Waals surface area contributed by atoms with Gasteiger partial charge in [-0.2, -0.15) is 16.9 Å². The number of urea groups is 1. The number of para-hydroxylation sites is 1. The highest BCUT2D eigenvalue weighted by Gasteiger charge is 2.52. The lowest BCUT2D eigenvalue weighted by Gasteiger charge is -2.28. The molecular formula is C27H28F3N5O6S2. The van der Waals surface area contributed by atoms with Gasteiger partial charge in [-0.15, -0.1) is 0 Å². The normalized spacial score (nSPS) is 15.6. The summed E-state index contributed by atoms with van der Waals surface area (Å²) in [4.78, 5) is 28.8. The van der Waals surface area contributed by atoms with Crippen LogP contribution in [0.25, 0.3) is 0 Å². The number of carbonyl (C=O) groups is 2. The van der Waals surface area contributed by atoms with Gasteiger partial charge in [0.25, 0.3) is 5.91 Å². The van der Waals surface area contributed by atoms with Gasteiger partial charge in [-0.05, 0) is 67.9 Å². The summed E-state index contributed by atoms with van der Waals surface area (Å²) in [7, 11) is -8.26. The minimum atomic E-state index is -4.79. The predicted octanol–water partition coefficient (Wildman–Crippen LogP) is 4.50. The Kier molecular flexibility index (Phi) is 7.91. The predicted molar refractivity (Wildman–Crippen MR) is 157 cm³/mol. The minimum Gasteiger partial charge on any atom is -0.398 e. The summed E-state index contributed by atoms with van der Waals surface area (Å²) in [5.74, 6) is -0.724. The lowest BCUT2D eigenvalue weighted by atomic mass is 10.0. The molecule has 1 aliphatic rings. The van der Waals surface area contributed by atoms with Crippen LogP contribution in [0.4, 0.5) is 46.4 Å². The third-order valence-electron chi connectivity index (χ3n) is 6.73. The van der Waals surface area contributed by atoms with Crippen molar-refractivity contribution >= 4 is 60.4 Å². The number of sulfonamides is 2. The zero-order valence-corrected chi connectivity index (χ0v) is 25.0. The van der Waals surface area contributed by atoms with E-state index in [-0.39, 0.29) is 17.9 Å². The van der Waals surface area contributed by atoms with Gasteiger partial charge in [0.15, 0.2) is 0 Å². The Morgan fingerprint density at radius 3 is 2.05 bits per heavy atom. The standard InChI is InChI=1S/C27H28F3N5O6S2/c1-26(2)24(36)34(20-13-14-22(31)21(15-20)27(28,29)30)25(37)33(26)16-17-7-5-6-8-23(17)32-18-9-11-19(12-10-18)35(42(3,38)39)43(4,40)41/h5-15,32H,16,31H2,1-4H3. The van der Waals surface area contributed by atoms with Crippen molar-refractivity contribution in [1.29, 1.82) is 0 Å². The largest absolute Gasteiger partial charge is 0.418 e. The molecule has 230 valence electrons. The van der Waals surface area contributed by atoms with Crippen LogP contribution in [0.2, 0.25) is 0 Å². The number of amides is 3. The molecule has 0 aromatic heterocycles. The summed E-state index contributed by atoms with van der Waals surface area (Å²) in [6.07, 6.45) is -3.25. The van der Waals surface area contributed by atoms with Crippen molar-refractivity contribution in [3.63, 3.8) is 0 Å². The number of imide groups is 1. The van der Waals surface area contributed by atoms with Crippen LogP contribution < -0.4 is 19.7 Å². The van der Waals surface area contributed by atoms with Crippen LogP contribution in [0.1, 0.15) is 25.0 Å². The second-order valence-corrected chi connectivity index (χ2v) is 14.3. The van der Waals surface area contributed by atoms with E-state index in [2.05, 4.69) is 5.32 Å². The van der Waals surface area contributed by atoms with E-state index in [1.165, 1.54) is 49.1 Å². The second kappa shape index (κ2) is 10.8. The van der Waals surface area contributed by atoms with Crippen molar-refractivity contribution in [2.75, 3.05) is 32.2 Å². The van der Waals surface area contributed by atoms with Crippen LogP contribution >= 0.6 is 0 Å². The van der Waals surface area contributed by atoms with E-state index in [9.17, 15) is 39.6 Å². The Hall–Kier alpha value is -4.31. The fourth-order valence-corrected chi connectivity index (χ4v) is 7.64. The molecule has 0 unspecified atom stereocenters. The quantitative estimate of drug-likeness (QED) is 0.270. The number of anilines is 5. The van der Waals surface area contributed by atoms with E-state index in [0.29, 0.717) is 31.6 Å². The number of benzene rings is 3. The number of hydrogen-bond donors (Lipinski definition) is 2. The zero-order chi connectivity index (χ0) is 32.1. The number of alkyl halides is 3. The first-order chi connectivity index (χ1) is 19.7. The summed E-state index contributed by atoms with van der Waals surface area (Å²) >= 11 is 0. The SMILES string of the molecule is CC1(C)C(=O)N(c2ccc(N)c(C(F)(F)F)c2)C(=O)N1Cc1ccccc1Nc1ccc(N(S(C)(=O)=O)S(C)(=O)=O)cc1. The van der Waals surface area contributed by atoms with Crippen molar-refractivity contribution in [2.45, 2.75) is 32.1 Å². The minimum absolute atomic E-state index is 0.0943. The smallest absolute Gasteiger partial charge is 0.398 e. The molecule has 3 N–H and O–H groups in total. The molecule has 1 aliphatic heterocycles. The molecule has 3 aromatic rings. The van der Waals surface area contributed by atoms with Crippen LogP contribution in [-0.4, -0.2) is 51.7 Å². The molecule has 1 fully saturated rings. The van der Waals surface area contributed by atoms with Crippen LogP contribution in [0.15, 0.2) is 66.7 Å². The maximum absolute atomic E-state index is 13.5. The van der Waals surface area contributed by atoms with Gasteiger partial charge in [0, 0.05) is 17.1 Å². The highest BCUT2D eigenvalue weighted by Crippen LogP contribution is 2.39. The molecule has 1 saturated heterocycles. The van der Waals surface area contributed by atoms with E-state index in [1.807, 2.05) is 0 Å². The molecule has 4 rings (SSSR count). The lowest BCUT2D eigenvalue weighted by molar-refractivity contribution is -0.137. The molecule has 0 atom stereocenters. The van der Waals surface area contributed by atoms with Crippen LogP contribution in [-0.2, 0) is 37.6 Å². The van der Waals surface area contributed by atoms with Crippen molar-refractivity contribution < 1.29 is 39.6 Å². The molecule has 0 radical (unpaired) electrons. The van der Waals surface area contributed by atoms with Gasteiger partial charge in [0.1, 0.15) is 5.54 Å². The molecule has 3 amide bonds. The molecule has 3 aromatic carbocycles. The molecule has 11 nitrogen and oxygen atoms in total. The first-order valence-corrected chi connectivity index (χ1v) is 16.2. The van der Waals surface area contributed by atoms with E-state index in [1.54, 1.807) is 24.3 Å². The van der Waals surface area contributed by atoms with Gasteiger partial charge in [0.05, 0.1) is 36.0 Å². The molecule has 0 aliphatic carbocycles. The molecule has 43 heavy (non-hydrogen) atoms. The Labute approximate surface area is 246 Å². The Morgan fingerprint density at radius 1 is 0.907 bits per heavy atom. The summed E-state index contributed by atoms with van der Waals surface area (Å²) in [6.45, 7) is 2.87.